The second-order valence-electron chi connectivity index (χ2n) is 4.68. The Morgan fingerprint density at radius 2 is 2.24 bits per heavy atom. The molecule has 94 valence electrons. The number of alkyl halides is 1. The average Bonchev–Trinajstić information content (AvgIpc) is 2.74. The van der Waals surface area contributed by atoms with Crippen LogP contribution in [0.2, 0.25) is 0 Å². The zero-order chi connectivity index (χ0) is 12.3. The van der Waals surface area contributed by atoms with Gasteiger partial charge in [0.15, 0.2) is 0 Å². The number of amides is 1. The molecule has 1 amide bonds. The molecule has 1 aromatic rings. The third-order valence-corrected chi connectivity index (χ3v) is 4.88. The van der Waals surface area contributed by atoms with E-state index in [-0.39, 0.29) is 11.3 Å². The summed E-state index contributed by atoms with van der Waals surface area (Å²) in [5.74, 6) is 0.480. The monoisotopic (exact) mass is 271 g/mol. The van der Waals surface area contributed by atoms with E-state index in [1.807, 2.05) is 19.1 Å². The fourth-order valence-corrected chi connectivity index (χ4v) is 3.41. The zero-order valence-electron chi connectivity index (χ0n) is 10.0. The molecule has 17 heavy (non-hydrogen) atoms. The van der Waals surface area contributed by atoms with E-state index >= 15 is 0 Å². The summed E-state index contributed by atoms with van der Waals surface area (Å²) in [7, 11) is 0. The van der Waals surface area contributed by atoms with Gasteiger partial charge in [0.05, 0.1) is 4.88 Å². The first-order chi connectivity index (χ1) is 8.16. The second-order valence-corrected chi connectivity index (χ2v) is 6.53. The molecule has 2 rings (SSSR count). The van der Waals surface area contributed by atoms with Crippen molar-refractivity contribution in [2.24, 2.45) is 5.92 Å². The first kappa shape index (κ1) is 12.9. The van der Waals surface area contributed by atoms with Gasteiger partial charge < -0.3 is 5.32 Å². The van der Waals surface area contributed by atoms with Crippen molar-refractivity contribution >= 4 is 28.8 Å². The number of carbonyl (C=O) groups excluding carboxylic acids is 1. The van der Waals surface area contributed by atoms with Crippen LogP contribution in [0.15, 0.2) is 12.1 Å². The molecule has 1 aromatic heterocycles. The largest absolute Gasteiger partial charge is 0.351 e. The van der Waals surface area contributed by atoms with E-state index in [9.17, 15) is 4.79 Å². The summed E-state index contributed by atoms with van der Waals surface area (Å²) in [4.78, 5) is 13.8. The summed E-state index contributed by atoms with van der Waals surface area (Å²) in [6.45, 7) is 2.72. The Morgan fingerprint density at radius 1 is 1.47 bits per heavy atom. The maximum absolute atomic E-state index is 11.9. The molecule has 1 heterocycles. The maximum atomic E-state index is 11.9. The fourth-order valence-electron chi connectivity index (χ4n) is 2.26. The Labute approximate surface area is 111 Å². The summed E-state index contributed by atoms with van der Waals surface area (Å²) in [5, 5.41) is 3.23. The molecule has 0 radical (unpaired) electrons. The molecule has 0 aromatic carbocycles. The number of hydrogen-bond acceptors (Lipinski definition) is 2. The van der Waals surface area contributed by atoms with Crippen LogP contribution < -0.4 is 5.32 Å². The van der Waals surface area contributed by atoms with Crippen LogP contribution in [0.4, 0.5) is 0 Å². The van der Waals surface area contributed by atoms with Crippen molar-refractivity contribution in [2.45, 2.75) is 38.0 Å². The van der Waals surface area contributed by atoms with Gasteiger partial charge in [0.1, 0.15) is 0 Å². The van der Waals surface area contributed by atoms with Gasteiger partial charge in [-0.2, -0.15) is 0 Å². The van der Waals surface area contributed by atoms with Crippen molar-refractivity contribution in [3.05, 3.63) is 21.9 Å². The molecule has 1 aliphatic carbocycles. The number of halogens is 1. The minimum Gasteiger partial charge on any atom is -0.351 e. The summed E-state index contributed by atoms with van der Waals surface area (Å²) in [5.41, 5.74) is 0. The summed E-state index contributed by atoms with van der Waals surface area (Å²) in [6.07, 6.45) is 4.68. The van der Waals surface area contributed by atoms with Crippen molar-refractivity contribution < 1.29 is 4.79 Å². The van der Waals surface area contributed by atoms with Gasteiger partial charge in [-0.25, -0.2) is 0 Å². The molecule has 2 unspecified atom stereocenters. The number of thiophene rings is 1. The molecule has 0 bridgehead atoms. The molecule has 1 aliphatic rings. The van der Waals surface area contributed by atoms with E-state index in [2.05, 4.69) is 5.32 Å². The van der Waals surface area contributed by atoms with Crippen LogP contribution in [0.1, 0.15) is 40.2 Å². The smallest absolute Gasteiger partial charge is 0.261 e. The van der Waals surface area contributed by atoms with Gasteiger partial charge in [-0.3, -0.25) is 4.79 Å². The lowest BCUT2D eigenvalue weighted by atomic mass is 9.89. The van der Waals surface area contributed by atoms with Crippen LogP contribution >= 0.6 is 22.9 Å². The third-order valence-electron chi connectivity index (χ3n) is 3.31. The molecule has 0 spiro atoms. The fraction of sp³-hybridized carbons (Fsp3) is 0.615. The van der Waals surface area contributed by atoms with Crippen LogP contribution in [-0.2, 0) is 0 Å². The normalized spacial score (nSPS) is 24.6. The molecule has 1 fully saturated rings. The number of nitrogens with one attached hydrogen (secondary N) is 1. The second kappa shape index (κ2) is 5.87. The molecular weight excluding hydrogens is 254 g/mol. The van der Waals surface area contributed by atoms with E-state index < -0.39 is 0 Å². The Kier molecular flexibility index (Phi) is 4.46. The van der Waals surface area contributed by atoms with Crippen LogP contribution in [-0.4, -0.2) is 17.8 Å². The van der Waals surface area contributed by atoms with Crippen molar-refractivity contribution in [2.75, 3.05) is 6.54 Å². The average molecular weight is 272 g/mol. The van der Waals surface area contributed by atoms with Gasteiger partial charge in [0, 0.05) is 16.8 Å². The Balaban J connectivity index is 1.83. The van der Waals surface area contributed by atoms with Crippen LogP contribution in [0.3, 0.4) is 0 Å². The Morgan fingerprint density at radius 3 is 2.88 bits per heavy atom. The number of aryl methyl sites for hydroxylation is 1. The van der Waals surface area contributed by atoms with Crippen molar-refractivity contribution in [1.29, 1.82) is 0 Å². The Bertz CT molecular complexity index is 391. The van der Waals surface area contributed by atoms with E-state index in [1.54, 1.807) is 0 Å². The van der Waals surface area contributed by atoms with Gasteiger partial charge in [-0.15, -0.1) is 22.9 Å². The van der Waals surface area contributed by atoms with E-state index in [0.717, 1.165) is 17.7 Å². The molecule has 0 aliphatic heterocycles. The lowest BCUT2D eigenvalue weighted by Crippen LogP contribution is -2.34. The summed E-state index contributed by atoms with van der Waals surface area (Å²) < 4.78 is 0. The molecule has 2 atom stereocenters. The number of carbonyl (C=O) groups is 1. The summed E-state index contributed by atoms with van der Waals surface area (Å²) in [6, 6.07) is 3.86. The van der Waals surface area contributed by atoms with Crippen molar-refractivity contribution in [3.63, 3.8) is 0 Å². The van der Waals surface area contributed by atoms with Gasteiger partial charge in [0.2, 0.25) is 0 Å². The van der Waals surface area contributed by atoms with Gasteiger partial charge in [-0.05, 0) is 37.8 Å². The zero-order valence-corrected chi connectivity index (χ0v) is 11.6. The summed E-state index contributed by atoms with van der Waals surface area (Å²) >= 11 is 7.81. The van der Waals surface area contributed by atoms with Crippen molar-refractivity contribution in [3.8, 4) is 0 Å². The molecule has 1 N–H and O–H groups in total. The van der Waals surface area contributed by atoms with E-state index in [0.29, 0.717) is 12.5 Å². The molecule has 2 nitrogen and oxygen atoms in total. The standard InChI is InChI=1S/C13H18ClNOS/c1-9-6-7-12(17-9)13(16)15-8-10-4-2-3-5-11(10)14/h6-7,10-11H,2-5,8H2,1H3,(H,15,16). The Hall–Kier alpha value is -0.540. The SMILES string of the molecule is Cc1ccc(C(=O)NCC2CCCCC2Cl)s1. The molecule has 4 heteroatoms. The van der Waals surface area contributed by atoms with Crippen molar-refractivity contribution in [1.82, 2.24) is 5.32 Å². The molecule has 0 saturated heterocycles. The molecular formula is C13H18ClNOS. The highest BCUT2D eigenvalue weighted by Crippen LogP contribution is 2.28. The number of hydrogen-bond donors (Lipinski definition) is 1. The first-order valence-corrected chi connectivity index (χ1v) is 7.41. The lowest BCUT2D eigenvalue weighted by molar-refractivity contribution is 0.0948. The third kappa shape index (κ3) is 3.46. The molecule has 1 saturated carbocycles. The van der Waals surface area contributed by atoms with Gasteiger partial charge in [-0.1, -0.05) is 12.8 Å². The minimum atomic E-state index is 0.0394. The van der Waals surface area contributed by atoms with Crippen LogP contribution in [0, 0.1) is 12.8 Å². The van der Waals surface area contributed by atoms with Gasteiger partial charge >= 0.3 is 0 Å². The number of rotatable bonds is 3. The minimum absolute atomic E-state index is 0.0394. The lowest BCUT2D eigenvalue weighted by Gasteiger charge is -2.26. The maximum Gasteiger partial charge on any atom is 0.261 e. The highest BCUT2D eigenvalue weighted by molar-refractivity contribution is 7.13. The predicted molar refractivity (Wildman–Crippen MR) is 73.0 cm³/mol. The van der Waals surface area contributed by atoms with Crippen LogP contribution in [0.5, 0.6) is 0 Å². The van der Waals surface area contributed by atoms with Gasteiger partial charge in [0.25, 0.3) is 5.91 Å². The van der Waals surface area contributed by atoms with E-state index in [4.69, 9.17) is 11.6 Å². The quantitative estimate of drug-likeness (QED) is 0.837. The first-order valence-electron chi connectivity index (χ1n) is 6.15. The van der Waals surface area contributed by atoms with Crippen LogP contribution in [0.25, 0.3) is 0 Å². The topological polar surface area (TPSA) is 29.1 Å². The predicted octanol–water partition coefficient (Wildman–Crippen LogP) is 3.58. The highest BCUT2D eigenvalue weighted by Gasteiger charge is 2.23. The highest BCUT2D eigenvalue weighted by atomic mass is 35.5. The van der Waals surface area contributed by atoms with E-state index in [1.165, 1.54) is 29.1 Å².